The lowest BCUT2D eigenvalue weighted by Gasteiger charge is -2.36. The average Bonchev–Trinajstić information content (AvgIpc) is 2.35. The zero-order valence-electron chi connectivity index (χ0n) is 10.2. The number of carbonyl (C=O) groups excluding carboxylic acids is 1. The van der Waals surface area contributed by atoms with Crippen LogP contribution in [0.25, 0.3) is 0 Å². The van der Waals surface area contributed by atoms with Gasteiger partial charge < -0.3 is 19.5 Å². The highest BCUT2D eigenvalue weighted by Crippen LogP contribution is 2.34. The number of nitrogens with one attached hydrogen (secondary N) is 1. The van der Waals surface area contributed by atoms with Crippen LogP contribution in [0.3, 0.4) is 0 Å². The standard InChI is InChI=1S/C13H15NO4/c1-13(7-16-8-13)12(15)14-9-2-3-10-11(6-9)18-5-4-17-10/h2-3,6H,4-5,7-8H2,1H3,(H,14,15). The molecule has 5 heteroatoms. The molecule has 2 aliphatic rings. The second-order valence-corrected chi connectivity index (χ2v) is 4.87. The Hall–Kier alpha value is -1.75. The molecule has 2 heterocycles. The Labute approximate surface area is 105 Å². The van der Waals surface area contributed by atoms with Gasteiger partial charge in [-0.25, -0.2) is 0 Å². The van der Waals surface area contributed by atoms with E-state index in [1.165, 1.54) is 0 Å². The fourth-order valence-electron chi connectivity index (χ4n) is 1.94. The number of hydrogen-bond donors (Lipinski definition) is 1. The Morgan fingerprint density at radius 1 is 1.22 bits per heavy atom. The van der Waals surface area contributed by atoms with Crippen LogP contribution < -0.4 is 14.8 Å². The van der Waals surface area contributed by atoms with Gasteiger partial charge in [-0.05, 0) is 19.1 Å². The minimum Gasteiger partial charge on any atom is -0.486 e. The molecule has 0 spiro atoms. The van der Waals surface area contributed by atoms with E-state index >= 15 is 0 Å². The van der Waals surface area contributed by atoms with Crippen LogP contribution in [0.4, 0.5) is 5.69 Å². The molecule has 5 nitrogen and oxygen atoms in total. The van der Waals surface area contributed by atoms with Gasteiger partial charge in [0.1, 0.15) is 13.2 Å². The van der Waals surface area contributed by atoms with Gasteiger partial charge in [0, 0.05) is 11.8 Å². The van der Waals surface area contributed by atoms with Crippen LogP contribution in [0.15, 0.2) is 18.2 Å². The van der Waals surface area contributed by atoms with Crippen LogP contribution in [0, 0.1) is 5.41 Å². The lowest BCUT2D eigenvalue weighted by Crippen LogP contribution is -2.49. The molecule has 0 saturated carbocycles. The number of rotatable bonds is 2. The summed E-state index contributed by atoms with van der Waals surface area (Å²) in [5, 5.41) is 2.88. The van der Waals surface area contributed by atoms with E-state index < -0.39 is 5.41 Å². The van der Waals surface area contributed by atoms with Crippen molar-refractivity contribution in [3.8, 4) is 11.5 Å². The van der Waals surface area contributed by atoms with Gasteiger partial charge in [0.25, 0.3) is 0 Å². The predicted molar refractivity (Wildman–Crippen MR) is 65.0 cm³/mol. The number of anilines is 1. The summed E-state index contributed by atoms with van der Waals surface area (Å²) in [5.41, 5.74) is 0.310. The van der Waals surface area contributed by atoms with E-state index in [1.807, 2.05) is 19.1 Å². The van der Waals surface area contributed by atoms with Crippen molar-refractivity contribution in [3.63, 3.8) is 0 Å². The largest absolute Gasteiger partial charge is 0.486 e. The summed E-state index contributed by atoms with van der Waals surface area (Å²) >= 11 is 0. The fraction of sp³-hybridized carbons (Fsp3) is 0.462. The highest BCUT2D eigenvalue weighted by Gasteiger charge is 2.41. The lowest BCUT2D eigenvalue weighted by atomic mass is 9.87. The Bertz CT molecular complexity index is 482. The maximum Gasteiger partial charge on any atom is 0.234 e. The van der Waals surface area contributed by atoms with Gasteiger partial charge in [0.15, 0.2) is 11.5 Å². The van der Waals surface area contributed by atoms with Crippen molar-refractivity contribution in [1.29, 1.82) is 0 Å². The first kappa shape index (κ1) is 11.3. The molecule has 1 aromatic rings. The van der Waals surface area contributed by atoms with E-state index in [4.69, 9.17) is 14.2 Å². The Morgan fingerprint density at radius 2 is 1.94 bits per heavy atom. The average molecular weight is 249 g/mol. The van der Waals surface area contributed by atoms with Crippen molar-refractivity contribution in [1.82, 2.24) is 0 Å². The molecule has 0 aliphatic carbocycles. The number of amides is 1. The minimum absolute atomic E-state index is 0.0228. The van der Waals surface area contributed by atoms with Crippen molar-refractivity contribution in [2.75, 3.05) is 31.7 Å². The van der Waals surface area contributed by atoms with Crippen molar-refractivity contribution < 1.29 is 19.0 Å². The molecule has 1 saturated heterocycles. The van der Waals surface area contributed by atoms with Gasteiger partial charge in [-0.3, -0.25) is 4.79 Å². The molecular formula is C13H15NO4. The summed E-state index contributed by atoms with van der Waals surface area (Å²) in [7, 11) is 0. The van der Waals surface area contributed by atoms with Crippen LogP contribution in [0.2, 0.25) is 0 Å². The van der Waals surface area contributed by atoms with E-state index in [-0.39, 0.29) is 5.91 Å². The SMILES string of the molecule is CC1(C(=O)Nc2ccc3c(c2)OCCO3)COC1. The highest BCUT2D eigenvalue weighted by molar-refractivity contribution is 5.96. The third kappa shape index (κ3) is 1.90. The minimum atomic E-state index is -0.409. The van der Waals surface area contributed by atoms with Gasteiger partial charge in [0.05, 0.1) is 18.6 Å². The van der Waals surface area contributed by atoms with Gasteiger partial charge in [-0.1, -0.05) is 0 Å². The van der Waals surface area contributed by atoms with E-state index in [9.17, 15) is 4.79 Å². The molecule has 0 atom stereocenters. The van der Waals surface area contributed by atoms with E-state index in [2.05, 4.69) is 5.32 Å². The van der Waals surface area contributed by atoms with Crippen LogP contribution in [-0.4, -0.2) is 32.3 Å². The smallest absolute Gasteiger partial charge is 0.234 e. The van der Waals surface area contributed by atoms with E-state index in [0.29, 0.717) is 32.2 Å². The first-order chi connectivity index (χ1) is 8.67. The molecule has 1 N–H and O–H groups in total. The summed E-state index contributed by atoms with van der Waals surface area (Å²) in [6, 6.07) is 5.41. The number of ether oxygens (including phenoxy) is 3. The Balaban J connectivity index is 1.75. The molecule has 3 rings (SSSR count). The normalized spacial score (nSPS) is 19.8. The molecule has 18 heavy (non-hydrogen) atoms. The predicted octanol–water partition coefficient (Wildman–Crippen LogP) is 1.43. The molecule has 0 radical (unpaired) electrons. The van der Waals surface area contributed by atoms with Crippen LogP contribution in [0.1, 0.15) is 6.92 Å². The molecule has 1 aromatic carbocycles. The summed E-state index contributed by atoms with van der Waals surface area (Å²) in [6.07, 6.45) is 0. The molecule has 0 unspecified atom stereocenters. The summed E-state index contributed by atoms with van der Waals surface area (Å²) in [6.45, 7) is 3.95. The zero-order chi connectivity index (χ0) is 12.6. The van der Waals surface area contributed by atoms with Crippen molar-refractivity contribution in [3.05, 3.63) is 18.2 Å². The monoisotopic (exact) mass is 249 g/mol. The molecule has 1 amide bonds. The fourth-order valence-corrected chi connectivity index (χ4v) is 1.94. The first-order valence-electron chi connectivity index (χ1n) is 5.96. The molecule has 1 fully saturated rings. The molecule has 0 bridgehead atoms. The summed E-state index contributed by atoms with van der Waals surface area (Å²) < 4.78 is 16.0. The van der Waals surface area contributed by atoms with Gasteiger partial charge in [-0.15, -0.1) is 0 Å². The van der Waals surface area contributed by atoms with Crippen LogP contribution >= 0.6 is 0 Å². The van der Waals surface area contributed by atoms with Crippen LogP contribution in [-0.2, 0) is 9.53 Å². The van der Waals surface area contributed by atoms with Crippen molar-refractivity contribution in [2.24, 2.45) is 5.41 Å². The maximum atomic E-state index is 12.0. The number of fused-ring (bicyclic) bond motifs is 1. The Kier molecular flexibility index (Phi) is 2.63. The number of benzene rings is 1. The first-order valence-corrected chi connectivity index (χ1v) is 5.96. The zero-order valence-corrected chi connectivity index (χ0v) is 10.2. The third-order valence-electron chi connectivity index (χ3n) is 3.19. The molecule has 2 aliphatic heterocycles. The van der Waals surface area contributed by atoms with Crippen molar-refractivity contribution >= 4 is 11.6 Å². The van der Waals surface area contributed by atoms with E-state index in [0.717, 1.165) is 11.4 Å². The van der Waals surface area contributed by atoms with Crippen LogP contribution in [0.5, 0.6) is 11.5 Å². The Morgan fingerprint density at radius 3 is 2.61 bits per heavy atom. The number of carbonyl (C=O) groups is 1. The lowest BCUT2D eigenvalue weighted by molar-refractivity contribution is -0.151. The van der Waals surface area contributed by atoms with Crippen molar-refractivity contribution in [2.45, 2.75) is 6.92 Å². The third-order valence-corrected chi connectivity index (χ3v) is 3.19. The second kappa shape index (κ2) is 4.17. The summed E-state index contributed by atoms with van der Waals surface area (Å²) in [4.78, 5) is 12.0. The molecule has 0 aromatic heterocycles. The van der Waals surface area contributed by atoms with Gasteiger partial charge >= 0.3 is 0 Å². The van der Waals surface area contributed by atoms with Gasteiger partial charge in [-0.2, -0.15) is 0 Å². The summed E-state index contributed by atoms with van der Waals surface area (Å²) in [5.74, 6) is 1.37. The topological polar surface area (TPSA) is 56.8 Å². The van der Waals surface area contributed by atoms with Gasteiger partial charge in [0.2, 0.25) is 5.91 Å². The quantitative estimate of drug-likeness (QED) is 0.861. The maximum absolute atomic E-state index is 12.0. The molecule has 96 valence electrons. The molecular weight excluding hydrogens is 234 g/mol. The van der Waals surface area contributed by atoms with E-state index in [1.54, 1.807) is 6.07 Å². The number of hydrogen-bond acceptors (Lipinski definition) is 4. The highest BCUT2D eigenvalue weighted by atomic mass is 16.6. The second-order valence-electron chi connectivity index (χ2n) is 4.87.